The van der Waals surface area contributed by atoms with Gasteiger partial charge in [-0.2, -0.15) is 0 Å². The van der Waals surface area contributed by atoms with Crippen molar-refractivity contribution in [1.82, 2.24) is 9.55 Å². The van der Waals surface area contributed by atoms with Crippen molar-refractivity contribution in [1.29, 1.82) is 0 Å². The van der Waals surface area contributed by atoms with Gasteiger partial charge in [0, 0.05) is 23.6 Å². The third kappa shape index (κ3) is 6.20. The standard InChI is InChI=1S/C30H37N5O3/c1-2-8-26-25(29(36)35(27(33-26)17-18-31)22-9-4-3-5-10-22)19-20-13-15-21(16-14-20)23-11-6-7-12-24(23)28(32)34-30(37)38/h6-7,11-18,22,30,37-38H,2-5,8-10,19,31H2,1H3,(H2,32,34). The molecule has 0 amide bonds. The highest BCUT2D eigenvalue weighted by atomic mass is 16.5. The summed E-state index contributed by atoms with van der Waals surface area (Å²) in [5, 5.41) is 18.4. The Morgan fingerprint density at radius 2 is 1.84 bits per heavy atom. The van der Waals surface area contributed by atoms with Crippen LogP contribution in [0.1, 0.15) is 79.7 Å². The molecule has 1 heterocycles. The summed E-state index contributed by atoms with van der Waals surface area (Å²) in [4.78, 5) is 22.5. The van der Waals surface area contributed by atoms with Gasteiger partial charge in [0.15, 0.2) is 0 Å². The third-order valence-corrected chi connectivity index (χ3v) is 7.10. The molecular weight excluding hydrogens is 478 g/mol. The largest absolute Gasteiger partial charge is 0.404 e. The SMILES string of the molecule is CCCc1nc(C=CN)n(C2CCCCC2)c(=O)c1Cc1ccc(-c2ccccc2C(N)=NC(O)O)cc1. The van der Waals surface area contributed by atoms with E-state index in [0.717, 1.165) is 66.5 Å². The summed E-state index contributed by atoms with van der Waals surface area (Å²) in [5.41, 5.74) is 16.7. The van der Waals surface area contributed by atoms with Crippen LogP contribution < -0.4 is 17.0 Å². The molecule has 0 atom stereocenters. The number of amidine groups is 1. The second-order valence-corrected chi connectivity index (χ2v) is 9.75. The average molecular weight is 516 g/mol. The average Bonchev–Trinajstić information content (AvgIpc) is 2.92. The van der Waals surface area contributed by atoms with E-state index in [9.17, 15) is 15.0 Å². The molecule has 4 rings (SSSR count). The summed E-state index contributed by atoms with van der Waals surface area (Å²) in [5.74, 6) is 0.695. The quantitative estimate of drug-likeness (QED) is 0.194. The molecule has 0 aliphatic heterocycles. The lowest BCUT2D eigenvalue weighted by Gasteiger charge is -2.27. The molecule has 6 N–H and O–H groups in total. The molecule has 0 saturated heterocycles. The van der Waals surface area contributed by atoms with Crippen LogP contribution in [0.15, 0.2) is 64.5 Å². The number of aryl methyl sites for hydroxylation is 1. The summed E-state index contributed by atoms with van der Waals surface area (Å²) >= 11 is 0. The molecule has 2 aromatic carbocycles. The first-order chi connectivity index (χ1) is 18.4. The minimum absolute atomic E-state index is 0.0319. The maximum Gasteiger partial charge on any atom is 0.257 e. The van der Waals surface area contributed by atoms with Crippen LogP contribution in [-0.2, 0) is 12.8 Å². The Balaban J connectivity index is 1.71. The van der Waals surface area contributed by atoms with E-state index in [2.05, 4.69) is 11.9 Å². The maximum atomic E-state index is 13.9. The fraction of sp³-hybridized carbons (Fsp3) is 0.367. The van der Waals surface area contributed by atoms with Gasteiger partial charge in [-0.25, -0.2) is 9.98 Å². The number of nitrogens with zero attached hydrogens (tertiary/aromatic N) is 3. The first kappa shape index (κ1) is 27.3. The minimum atomic E-state index is -1.87. The predicted octanol–water partition coefficient (Wildman–Crippen LogP) is 3.86. The summed E-state index contributed by atoms with van der Waals surface area (Å²) < 4.78 is 1.87. The molecule has 3 aromatic rings. The molecule has 8 heteroatoms. The van der Waals surface area contributed by atoms with Gasteiger partial charge in [0.25, 0.3) is 12.0 Å². The van der Waals surface area contributed by atoms with Gasteiger partial charge in [0.05, 0.1) is 5.69 Å². The minimum Gasteiger partial charge on any atom is -0.404 e. The van der Waals surface area contributed by atoms with Gasteiger partial charge in [-0.3, -0.25) is 9.36 Å². The molecule has 0 unspecified atom stereocenters. The van der Waals surface area contributed by atoms with E-state index in [1.807, 2.05) is 47.0 Å². The van der Waals surface area contributed by atoms with Crippen molar-refractivity contribution in [3.63, 3.8) is 0 Å². The molecule has 1 fully saturated rings. The van der Waals surface area contributed by atoms with Gasteiger partial charge in [-0.05, 0) is 48.2 Å². The van der Waals surface area contributed by atoms with Crippen LogP contribution >= 0.6 is 0 Å². The molecule has 8 nitrogen and oxygen atoms in total. The number of aliphatic hydroxyl groups is 2. The van der Waals surface area contributed by atoms with E-state index in [1.165, 1.54) is 12.6 Å². The summed E-state index contributed by atoms with van der Waals surface area (Å²) in [6.07, 6.45) is 8.83. The molecule has 0 spiro atoms. The van der Waals surface area contributed by atoms with Crippen LogP contribution in [0.3, 0.4) is 0 Å². The van der Waals surface area contributed by atoms with Crippen LogP contribution in [-0.4, -0.2) is 32.0 Å². The molecule has 1 aliphatic rings. The molecule has 1 saturated carbocycles. The Kier molecular flexibility index (Phi) is 9.10. The zero-order chi connectivity index (χ0) is 27.1. The van der Waals surface area contributed by atoms with E-state index in [4.69, 9.17) is 16.5 Å². The van der Waals surface area contributed by atoms with E-state index in [-0.39, 0.29) is 17.4 Å². The van der Waals surface area contributed by atoms with Crippen molar-refractivity contribution in [3.8, 4) is 11.1 Å². The monoisotopic (exact) mass is 515 g/mol. The predicted molar refractivity (Wildman–Crippen MR) is 151 cm³/mol. The van der Waals surface area contributed by atoms with Crippen molar-refractivity contribution in [2.24, 2.45) is 16.5 Å². The van der Waals surface area contributed by atoms with Gasteiger partial charge in [-0.15, -0.1) is 0 Å². The van der Waals surface area contributed by atoms with Gasteiger partial charge in [0.2, 0.25) is 0 Å². The molecule has 1 aliphatic carbocycles. The fourth-order valence-electron chi connectivity index (χ4n) is 5.31. The van der Waals surface area contributed by atoms with Crippen molar-refractivity contribution >= 4 is 11.9 Å². The van der Waals surface area contributed by atoms with Gasteiger partial charge in [0.1, 0.15) is 11.7 Å². The topological polar surface area (TPSA) is 140 Å². The summed E-state index contributed by atoms with van der Waals surface area (Å²) in [6.45, 7) is 2.09. The fourth-order valence-corrected chi connectivity index (χ4v) is 5.31. The molecule has 38 heavy (non-hydrogen) atoms. The zero-order valence-electron chi connectivity index (χ0n) is 21.9. The molecular formula is C30H37N5O3. The Morgan fingerprint density at radius 1 is 1.13 bits per heavy atom. The number of hydrogen-bond donors (Lipinski definition) is 4. The normalized spacial score (nSPS) is 15.0. The number of aliphatic imine (C=N–C) groups is 1. The summed E-state index contributed by atoms with van der Waals surface area (Å²) in [7, 11) is 0. The Morgan fingerprint density at radius 3 is 2.50 bits per heavy atom. The Bertz CT molecular complexity index is 1350. The lowest BCUT2D eigenvalue weighted by molar-refractivity contribution is -0.0310. The molecule has 1 aromatic heterocycles. The lowest BCUT2D eigenvalue weighted by Crippen LogP contribution is -2.33. The smallest absolute Gasteiger partial charge is 0.257 e. The highest BCUT2D eigenvalue weighted by Gasteiger charge is 2.23. The molecule has 0 bridgehead atoms. The number of rotatable bonds is 9. The highest BCUT2D eigenvalue weighted by Crippen LogP contribution is 2.29. The Labute approximate surface area is 223 Å². The second kappa shape index (κ2) is 12.7. The van der Waals surface area contributed by atoms with Crippen LogP contribution in [0, 0.1) is 0 Å². The van der Waals surface area contributed by atoms with Crippen LogP contribution in [0.5, 0.6) is 0 Å². The first-order valence-corrected chi connectivity index (χ1v) is 13.3. The summed E-state index contributed by atoms with van der Waals surface area (Å²) in [6, 6.07) is 15.5. The van der Waals surface area contributed by atoms with Crippen LogP contribution in [0.25, 0.3) is 17.2 Å². The Hall–Kier alpha value is -3.75. The van der Waals surface area contributed by atoms with Gasteiger partial charge in [-0.1, -0.05) is 81.1 Å². The zero-order valence-corrected chi connectivity index (χ0v) is 21.9. The number of benzene rings is 2. The second-order valence-electron chi connectivity index (χ2n) is 9.75. The van der Waals surface area contributed by atoms with Crippen molar-refractivity contribution < 1.29 is 10.2 Å². The lowest BCUT2D eigenvalue weighted by atomic mass is 9.94. The van der Waals surface area contributed by atoms with Gasteiger partial charge >= 0.3 is 0 Å². The van der Waals surface area contributed by atoms with Crippen molar-refractivity contribution in [2.75, 3.05) is 0 Å². The molecule has 200 valence electrons. The van der Waals surface area contributed by atoms with E-state index in [0.29, 0.717) is 17.8 Å². The maximum absolute atomic E-state index is 13.9. The van der Waals surface area contributed by atoms with Crippen molar-refractivity contribution in [3.05, 3.63) is 93.3 Å². The van der Waals surface area contributed by atoms with Crippen LogP contribution in [0.2, 0.25) is 0 Å². The number of nitrogens with two attached hydrogens (primary N) is 2. The van der Waals surface area contributed by atoms with E-state index >= 15 is 0 Å². The molecule has 0 radical (unpaired) electrons. The van der Waals surface area contributed by atoms with Crippen molar-refractivity contribution in [2.45, 2.75) is 70.7 Å². The number of aliphatic hydroxyl groups excluding tert-OH is 1. The number of aromatic nitrogens is 2. The number of hydrogen-bond acceptors (Lipinski definition) is 6. The van der Waals surface area contributed by atoms with Gasteiger partial charge < -0.3 is 21.7 Å². The van der Waals surface area contributed by atoms with Crippen LogP contribution in [0.4, 0.5) is 0 Å². The third-order valence-electron chi connectivity index (χ3n) is 7.10. The van der Waals surface area contributed by atoms with E-state index < -0.39 is 6.41 Å². The highest BCUT2D eigenvalue weighted by molar-refractivity contribution is 6.03. The van der Waals surface area contributed by atoms with E-state index in [1.54, 1.807) is 12.1 Å². The first-order valence-electron chi connectivity index (χ1n) is 13.3.